The Kier molecular flexibility index (Phi) is 2.91. The van der Waals surface area contributed by atoms with Gasteiger partial charge in [-0.3, -0.25) is 14.4 Å². The van der Waals surface area contributed by atoms with Crippen molar-refractivity contribution in [2.75, 3.05) is 12.4 Å². The summed E-state index contributed by atoms with van der Waals surface area (Å²) in [5.74, 6) is -2.48. The molecule has 1 aliphatic heterocycles. The van der Waals surface area contributed by atoms with Crippen molar-refractivity contribution in [2.24, 2.45) is 5.92 Å². The lowest BCUT2D eigenvalue weighted by Gasteiger charge is -2.09. The van der Waals surface area contributed by atoms with Crippen molar-refractivity contribution in [2.45, 2.75) is 6.42 Å². The van der Waals surface area contributed by atoms with Crippen molar-refractivity contribution >= 4 is 23.3 Å². The van der Waals surface area contributed by atoms with Crippen LogP contribution in [0, 0.1) is 5.92 Å². The van der Waals surface area contributed by atoms with Crippen LogP contribution in [0.3, 0.4) is 0 Å². The van der Waals surface area contributed by atoms with Gasteiger partial charge in [0.2, 0.25) is 5.91 Å². The SMILES string of the molecule is COC(=O)[C@H]1CC(=O)Nc2ccccc2C1=O. The summed E-state index contributed by atoms with van der Waals surface area (Å²) in [6.07, 6.45) is -0.180. The predicted octanol–water partition coefficient (Wildman–Crippen LogP) is 1.00. The van der Waals surface area contributed by atoms with Crippen molar-refractivity contribution in [1.29, 1.82) is 0 Å². The molecule has 0 spiro atoms. The number of Topliss-reactive ketones (excluding diaryl/α,β-unsaturated/α-hetero) is 1. The number of methoxy groups -OCH3 is 1. The summed E-state index contributed by atoms with van der Waals surface area (Å²) in [7, 11) is 1.20. The van der Waals surface area contributed by atoms with E-state index in [1.165, 1.54) is 7.11 Å². The van der Waals surface area contributed by atoms with Crippen LogP contribution in [-0.2, 0) is 14.3 Å². The second-order valence-electron chi connectivity index (χ2n) is 3.74. The van der Waals surface area contributed by atoms with E-state index in [0.29, 0.717) is 11.3 Å². The molecule has 1 amide bonds. The van der Waals surface area contributed by atoms with E-state index in [1.807, 2.05) is 0 Å². The molecule has 88 valence electrons. The van der Waals surface area contributed by atoms with Crippen LogP contribution in [0.25, 0.3) is 0 Å². The van der Waals surface area contributed by atoms with Crippen molar-refractivity contribution in [3.8, 4) is 0 Å². The zero-order valence-electron chi connectivity index (χ0n) is 9.23. The van der Waals surface area contributed by atoms with E-state index >= 15 is 0 Å². The molecule has 0 aliphatic carbocycles. The number of amides is 1. The lowest BCUT2D eigenvalue weighted by atomic mass is 9.95. The first kappa shape index (κ1) is 11.3. The Labute approximate surface area is 97.8 Å². The minimum absolute atomic E-state index is 0.180. The Bertz CT molecular complexity index is 495. The minimum atomic E-state index is -1.05. The first-order chi connectivity index (χ1) is 8.13. The van der Waals surface area contributed by atoms with Gasteiger partial charge in [0.1, 0.15) is 5.92 Å². The fourth-order valence-corrected chi connectivity index (χ4v) is 1.81. The Morgan fingerprint density at radius 1 is 1.35 bits per heavy atom. The fraction of sp³-hybridized carbons (Fsp3) is 0.250. The number of benzene rings is 1. The fourth-order valence-electron chi connectivity index (χ4n) is 1.81. The minimum Gasteiger partial charge on any atom is -0.468 e. The normalized spacial score (nSPS) is 19.0. The van der Waals surface area contributed by atoms with Crippen molar-refractivity contribution in [3.63, 3.8) is 0 Å². The average molecular weight is 233 g/mol. The molecule has 0 radical (unpaired) electrons. The van der Waals surface area contributed by atoms with Crippen LogP contribution in [0.4, 0.5) is 5.69 Å². The predicted molar refractivity (Wildman–Crippen MR) is 59.5 cm³/mol. The van der Waals surface area contributed by atoms with Crippen LogP contribution in [0.1, 0.15) is 16.8 Å². The first-order valence-corrected chi connectivity index (χ1v) is 5.14. The third-order valence-electron chi connectivity index (χ3n) is 2.66. The van der Waals surface area contributed by atoms with Crippen LogP contribution in [0.2, 0.25) is 0 Å². The van der Waals surface area contributed by atoms with Gasteiger partial charge in [-0.1, -0.05) is 12.1 Å². The van der Waals surface area contributed by atoms with Gasteiger partial charge in [0.15, 0.2) is 5.78 Å². The largest absolute Gasteiger partial charge is 0.468 e. The molecule has 0 fully saturated rings. The van der Waals surface area contributed by atoms with Gasteiger partial charge in [-0.25, -0.2) is 0 Å². The lowest BCUT2D eigenvalue weighted by molar-refractivity contribution is -0.145. The number of carbonyl (C=O) groups excluding carboxylic acids is 3. The number of esters is 1. The molecule has 0 unspecified atom stereocenters. The molecule has 1 heterocycles. The average Bonchev–Trinajstić information content (AvgIpc) is 2.46. The summed E-state index contributed by atoms with van der Waals surface area (Å²) in [5, 5.41) is 2.59. The van der Waals surface area contributed by atoms with Crippen LogP contribution in [0.15, 0.2) is 24.3 Å². The van der Waals surface area contributed by atoms with Crippen LogP contribution in [0.5, 0.6) is 0 Å². The van der Waals surface area contributed by atoms with E-state index < -0.39 is 11.9 Å². The molecule has 0 saturated heterocycles. The number of hydrogen-bond donors (Lipinski definition) is 1. The Balaban J connectivity index is 2.46. The second-order valence-corrected chi connectivity index (χ2v) is 3.74. The number of fused-ring (bicyclic) bond motifs is 1. The summed E-state index contributed by atoms with van der Waals surface area (Å²) >= 11 is 0. The van der Waals surface area contributed by atoms with E-state index in [0.717, 1.165) is 0 Å². The number of hydrogen-bond acceptors (Lipinski definition) is 4. The number of para-hydroxylation sites is 1. The number of rotatable bonds is 1. The first-order valence-electron chi connectivity index (χ1n) is 5.14. The highest BCUT2D eigenvalue weighted by molar-refractivity contribution is 6.17. The highest BCUT2D eigenvalue weighted by Crippen LogP contribution is 2.25. The summed E-state index contributed by atoms with van der Waals surface area (Å²) in [5.41, 5.74) is 0.780. The maximum Gasteiger partial charge on any atom is 0.317 e. The molecule has 2 rings (SSSR count). The topological polar surface area (TPSA) is 72.5 Å². The van der Waals surface area contributed by atoms with Crippen LogP contribution < -0.4 is 5.32 Å². The van der Waals surface area contributed by atoms with Gasteiger partial charge in [-0.15, -0.1) is 0 Å². The molecule has 1 aromatic carbocycles. The summed E-state index contributed by atoms with van der Waals surface area (Å²) in [6.45, 7) is 0. The van der Waals surface area contributed by atoms with E-state index in [-0.39, 0.29) is 18.1 Å². The zero-order chi connectivity index (χ0) is 12.4. The summed E-state index contributed by atoms with van der Waals surface area (Å²) < 4.78 is 4.54. The van der Waals surface area contributed by atoms with Crippen LogP contribution in [-0.4, -0.2) is 24.8 Å². The molecule has 5 nitrogen and oxygen atoms in total. The van der Waals surface area contributed by atoms with Crippen molar-refractivity contribution in [1.82, 2.24) is 0 Å². The van der Waals surface area contributed by atoms with E-state index in [4.69, 9.17) is 0 Å². The molecule has 1 aliphatic rings. The zero-order valence-corrected chi connectivity index (χ0v) is 9.23. The van der Waals surface area contributed by atoms with E-state index in [9.17, 15) is 14.4 Å². The third-order valence-corrected chi connectivity index (χ3v) is 2.66. The second kappa shape index (κ2) is 4.37. The Morgan fingerprint density at radius 2 is 2.06 bits per heavy atom. The molecule has 0 aromatic heterocycles. The smallest absolute Gasteiger partial charge is 0.317 e. The van der Waals surface area contributed by atoms with Gasteiger partial charge >= 0.3 is 5.97 Å². The third kappa shape index (κ3) is 2.04. The van der Waals surface area contributed by atoms with Gasteiger partial charge in [0.05, 0.1) is 12.8 Å². The van der Waals surface area contributed by atoms with Crippen LogP contribution >= 0.6 is 0 Å². The van der Waals surface area contributed by atoms with Crippen molar-refractivity contribution in [3.05, 3.63) is 29.8 Å². The number of anilines is 1. The van der Waals surface area contributed by atoms with Gasteiger partial charge in [0.25, 0.3) is 0 Å². The molecule has 0 bridgehead atoms. The van der Waals surface area contributed by atoms with Crippen molar-refractivity contribution < 1.29 is 19.1 Å². The highest BCUT2D eigenvalue weighted by Gasteiger charge is 2.34. The molecule has 0 saturated carbocycles. The van der Waals surface area contributed by atoms with Gasteiger partial charge in [-0.2, -0.15) is 0 Å². The lowest BCUT2D eigenvalue weighted by Crippen LogP contribution is -2.27. The summed E-state index contributed by atoms with van der Waals surface area (Å²) in [6, 6.07) is 6.61. The Morgan fingerprint density at radius 3 is 2.76 bits per heavy atom. The quantitative estimate of drug-likeness (QED) is 0.580. The number of ether oxygens (including phenoxy) is 1. The maximum atomic E-state index is 12.1. The van der Waals surface area contributed by atoms with E-state index in [1.54, 1.807) is 24.3 Å². The molecular formula is C12H11NO4. The highest BCUT2D eigenvalue weighted by atomic mass is 16.5. The number of carbonyl (C=O) groups is 3. The molecule has 1 aromatic rings. The molecular weight excluding hydrogens is 222 g/mol. The van der Waals surface area contributed by atoms with Gasteiger partial charge in [0, 0.05) is 12.0 Å². The molecule has 1 atom stereocenters. The monoisotopic (exact) mass is 233 g/mol. The van der Waals surface area contributed by atoms with Gasteiger partial charge < -0.3 is 10.1 Å². The molecule has 17 heavy (non-hydrogen) atoms. The maximum absolute atomic E-state index is 12.1. The number of ketones is 1. The Hall–Kier alpha value is -2.17. The standard InChI is InChI=1S/C12H11NO4/c1-17-12(16)8-6-10(14)13-9-5-3-2-4-7(9)11(8)15/h2-5,8H,6H2,1H3,(H,13,14)/t8-/m0/s1. The van der Waals surface area contributed by atoms with Gasteiger partial charge in [-0.05, 0) is 12.1 Å². The molecule has 1 N–H and O–H groups in total. The molecule has 5 heteroatoms. The number of nitrogens with one attached hydrogen (secondary N) is 1. The summed E-state index contributed by atoms with van der Waals surface area (Å²) in [4.78, 5) is 35.1. The van der Waals surface area contributed by atoms with E-state index in [2.05, 4.69) is 10.1 Å².